The lowest BCUT2D eigenvalue weighted by atomic mass is 10.0. The average molecular weight is 575 g/mol. The molecule has 0 bridgehead atoms. The minimum atomic E-state index is -0.821. The molecule has 0 atom stereocenters. The Labute approximate surface area is 201 Å². The molecule has 1 aliphatic carbocycles. The summed E-state index contributed by atoms with van der Waals surface area (Å²) >= 11 is 6.32. The number of ether oxygens (including phenoxy) is 1. The maximum atomic E-state index is 12.6. The van der Waals surface area contributed by atoms with Gasteiger partial charge in [-0.1, -0.05) is 31.9 Å². The molecule has 0 spiro atoms. The summed E-state index contributed by atoms with van der Waals surface area (Å²) in [5.74, 6) is -0.130. The van der Waals surface area contributed by atoms with E-state index in [4.69, 9.17) is 4.74 Å². The van der Waals surface area contributed by atoms with E-state index in [9.17, 15) is 24.6 Å². The Balaban J connectivity index is 0.000000222. The molecule has 1 heterocycles. The lowest BCUT2D eigenvalue weighted by Gasteiger charge is -2.36. The van der Waals surface area contributed by atoms with Crippen LogP contribution in [0.3, 0.4) is 0 Å². The molecule has 1 aliphatic heterocycles. The van der Waals surface area contributed by atoms with E-state index >= 15 is 0 Å². The van der Waals surface area contributed by atoms with Gasteiger partial charge in [-0.15, -0.1) is 0 Å². The molecule has 2 aromatic carbocycles. The van der Waals surface area contributed by atoms with Crippen LogP contribution in [-0.4, -0.2) is 35.6 Å². The first-order valence-corrected chi connectivity index (χ1v) is 11.7. The van der Waals surface area contributed by atoms with Gasteiger partial charge < -0.3 is 9.64 Å². The molecule has 0 aromatic heterocycles. The van der Waals surface area contributed by atoms with Crippen LogP contribution in [0.4, 0.5) is 21.5 Å². The second-order valence-corrected chi connectivity index (χ2v) is 9.51. The summed E-state index contributed by atoms with van der Waals surface area (Å²) in [5, 5.41) is 21.5. The lowest BCUT2D eigenvalue weighted by molar-refractivity contribution is -0.387. The van der Waals surface area contributed by atoms with Gasteiger partial charge >= 0.3 is 5.69 Å². The van der Waals surface area contributed by atoms with Crippen LogP contribution in [0.1, 0.15) is 25.7 Å². The third-order valence-electron chi connectivity index (χ3n) is 5.33. The maximum absolute atomic E-state index is 12.6. The van der Waals surface area contributed by atoms with Crippen molar-refractivity contribution in [3.8, 4) is 0 Å². The number of hydrogen-bond acceptors (Lipinski definition) is 6. The van der Waals surface area contributed by atoms with Crippen molar-refractivity contribution in [2.24, 2.45) is 5.92 Å². The number of hydrogen-bond donors (Lipinski definition) is 0. The van der Waals surface area contributed by atoms with Crippen LogP contribution in [0.15, 0.2) is 45.3 Å². The van der Waals surface area contributed by atoms with Crippen molar-refractivity contribution in [2.45, 2.75) is 31.7 Å². The number of nitro benzene ring substituents is 2. The second kappa shape index (κ2) is 11.2. The number of nitrogens with zero attached hydrogens (tertiary/aromatic N) is 3. The lowest BCUT2D eigenvalue weighted by Crippen LogP contribution is -2.41. The van der Waals surface area contributed by atoms with E-state index in [1.165, 1.54) is 18.9 Å². The van der Waals surface area contributed by atoms with Gasteiger partial charge in [-0.25, -0.2) is 0 Å². The third-order valence-corrected chi connectivity index (χ3v) is 6.32. The van der Waals surface area contributed by atoms with Crippen LogP contribution in [-0.2, 0) is 4.74 Å². The van der Waals surface area contributed by atoms with E-state index in [1.54, 1.807) is 6.07 Å². The molecular formula is C21H22Br2FN3O5. The quantitative estimate of drug-likeness (QED) is 0.299. The molecule has 4 rings (SSSR count). The second-order valence-electron chi connectivity index (χ2n) is 7.68. The summed E-state index contributed by atoms with van der Waals surface area (Å²) in [4.78, 5) is 22.7. The molecule has 2 aliphatic rings. The SMILES string of the molecule is O=[N+]([O-])c1cc(Br)ccc1F.O=[N+]([O-])c1cc(Br)ccc1N(CC1CC1)C1CCOCC1. The van der Waals surface area contributed by atoms with Gasteiger partial charge in [0.15, 0.2) is 0 Å². The standard InChI is InChI=1S/C15H19BrN2O3.C6H3BrFNO2/c16-12-3-4-14(15(9-12)18(19)20)17(10-11-1-2-11)13-5-7-21-8-6-13;7-4-1-2-5(8)6(3-4)9(10)11/h3-4,9,11,13H,1-2,5-8,10H2;1-3H. The molecule has 11 heteroatoms. The van der Waals surface area contributed by atoms with E-state index in [0.717, 1.165) is 54.9 Å². The molecule has 172 valence electrons. The van der Waals surface area contributed by atoms with E-state index in [2.05, 4.69) is 36.8 Å². The number of halogens is 3. The fourth-order valence-corrected chi connectivity index (χ4v) is 4.23. The predicted molar refractivity (Wildman–Crippen MR) is 125 cm³/mol. The smallest absolute Gasteiger partial charge is 0.305 e. The number of nitro groups is 2. The number of benzene rings is 2. The maximum Gasteiger partial charge on any atom is 0.305 e. The van der Waals surface area contributed by atoms with Crippen LogP contribution < -0.4 is 4.90 Å². The van der Waals surface area contributed by atoms with Crippen molar-refractivity contribution in [1.29, 1.82) is 0 Å². The van der Waals surface area contributed by atoms with E-state index in [-0.39, 0.29) is 10.6 Å². The molecule has 0 amide bonds. The van der Waals surface area contributed by atoms with Crippen molar-refractivity contribution >= 4 is 48.9 Å². The van der Waals surface area contributed by atoms with Crippen molar-refractivity contribution in [3.63, 3.8) is 0 Å². The van der Waals surface area contributed by atoms with Crippen LogP contribution >= 0.6 is 31.9 Å². The van der Waals surface area contributed by atoms with Gasteiger partial charge in [0.05, 0.1) is 9.85 Å². The summed E-state index contributed by atoms with van der Waals surface area (Å²) in [5.41, 5.74) is 0.429. The molecule has 8 nitrogen and oxygen atoms in total. The van der Waals surface area contributed by atoms with Crippen molar-refractivity contribution in [3.05, 3.63) is 71.4 Å². The van der Waals surface area contributed by atoms with Crippen LogP contribution in [0.5, 0.6) is 0 Å². The van der Waals surface area contributed by atoms with E-state index in [1.807, 2.05) is 12.1 Å². The molecule has 2 aromatic rings. The summed E-state index contributed by atoms with van der Waals surface area (Å²) < 4.78 is 19.2. The first-order chi connectivity index (χ1) is 15.3. The average Bonchev–Trinajstić information content (AvgIpc) is 3.59. The van der Waals surface area contributed by atoms with Crippen molar-refractivity contribution in [1.82, 2.24) is 0 Å². The summed E-state index contributed by atoms with van der Waals surface area (Å²) in [7, 11) is 0. The Morgan fingerprint density at radius 2 is 1.50 bits per heavy atom. The molecule has 0 unspecified atom stereocenters. The highest BCUT2D eigenvalue weighted by molar-refractivity contribution is 9.10. The van der Waals surface area contributed by atoms with E-state index < -0.39 is 16.4 Å². The minimum Gasteiger partial charge on any atom is -0.381 e. The van der Waals surface area contributed by atoms with E-state index in [0.29, 0.717) is 16.4 Å². The molecule has 32 heavy (non-hydrogen) atoms. The number of anilines is 1. The predicted octanol–water partition coefficient (Wildman–Crippen LogP) is 6.25. The Morgan fingerprint density at radius 1 is 0.938 bits per heavy atom. The zero-order chi connectivity index (χ0) is 23.3. The minimum absolute atomic E-state index is 0.191. The Morgan fingerprint density at radius 3 is 2.03 bits per heavy atom. The van der Waals surface area contributed by atoms with Gasteiger partial charge in [0, 0.05) is 46.9 Å². The summed E-state index contributed by atoms with van der Waals surface area (Å²) in [6.45, 7) is 2.42. The van der Waals surface area contributed by atoms with Gasteiger partial charge in [-0.3, -0.25) is 20.2 Å². The fraction of sp³-hybridized carbons (Fsp3) is 0.429. The molecule has 1 saturated carbocycles. The van der Waals surface area contributed by atoms with Crippen LogP contribution in [0.25, 0.3) is 0 Å². The highest BCUT2D eigenvalue weighted by Gasteiger charge is 2.32. The largest absolute Gasteiger partial charge is 0.381 e. The molecule has 0 N–H and O–H groups in total. The molecule has 1 saturated heterocycles. The van der Waals surface area contributed by atoms with Gasteiger partial charge in [0.2, 0.25) is 5.82 Å². The van der Waals surface area contributed by atoms with Crippen molar-refractivity contribution < 1.29 is 19.0 Å². The normalized spacial score (nSPS) is 16.1. The van der Waals surface area contributed by atoms with Crippen molar-refractivity contribution in [2.75, 3.05) is 24.7 Å². The van der Waals surface area contributed by atoms with Gasteiger partial charge in [0.25, 0.3) is 5.69 Å². The Kier molecular flexibility index (Phi) is 8.55. The molecule has 2 fully saturated rings. The fourth-order valence-electron chi connectivity index (χ4n) is 3.53. The first kappa shape index (κ1) is 24.5. The number of rotatable bonds is 6. The van der Waals surface area contributed by atoms with Gasteiger partial charge in [-0.2, -0.15) is 4.39 Å². The monoisotopic (exact) mass is 573 g/mol. The zero-order valence-electron chi connectivity index (χ0n) is 17.1. The third kappa shape index (κ3) is 6.69. The summed E-state index contributed by atoms with van der Waals surface area (Å²) in [6, 6.07) is 9.29. The van der Waals surface area contributed by atoms with Gasteiger partial charge in [0.1, 0.15) is 5.69 Å². The summed E-state index contributed by atoms with van der Waals surface area (Å²) in [6.07, 6.45) is 4.37. The van der Waals surface area contributed by atoms with Crippen LogP contribution in [0.2, 0.25) is 0 Å². The first-order valence-electron chi connectivity index (χ1n) is 10.1. The Hall–Kier alpha value is -2.11. The molecular weight excluding hydrogens is 553 g/mol. The highest BCUT2D eigenvalue weighted by Crippen LogP contribution is 2.38. The topological polar surface area (TPSA) is 98.8 Å². The van der Waals surface area contributed by atoms with Crippen LogP contribution in [0, 0.1) is 32.0 Å². The molecule has 0 radical (unpaired) electrons. The highest BCUT2D eigenvalue weighted by atomic mass is 79.9. The Bertz CT molecular complexity index is 984. The van der Waals surface area contributed by atoms with Gasteiger partial charge in [-0.05, 0) is 55.9 Å². The zero-order valence-corrected chi connectivity index (χ0v) is 20.3.